The minimum Gasteiger partial charge on any atom is -0.481 e. The Kier molecular flexibility index (Phi) is 3.78. The zero-order chi connectivity index (χ0) is 14.0. The first kappa shape index (κ1) is 13.8. The Labute approximate surface area is 112 Å². The van der Waals surface area contributed by atoms with Gasteiger partial charge in [-0.1, -0.05) is 26.2 Å². The molecule has 6 nitrogen and oxygen atoms in total. The van der Waals surface area contributed by atoms with Gasteiger partial charge in [-0.05, 0) is 19.3 Å². The molecule has 1 aliphatic carbocycles. The van der Waals surface area contributed by atoms with Crippen LogP contribution in [0.15, 0.2) is 0 Å². The van der Waals surface area contributed by atoms with Crippen molar-refractivity contribution in [3.63, 3.8) is 0 Å². The number of carbonyl (C=O) groups excluding carboxylic acids is 2. The fourth-order valence-electron chi connectivity index (χ4n) is 3.02. The Morgan fingerprint density at radius 2 is 2.05 bits per heavy atom. The highest BCUT2D eigenvalue weighted by Crippen LogP contribution is 2.35. The number of rotatable bonds is 5. The lowest BCUT2D eigenvalue weighted by Crippen LogP contribution is -2.44. The van der Waals surface area contributed by atoms with E-state index in [-0.39, 0.29) is 12.5 Å². The number of urea groups is 1. The lowest BCUT2D eigenvalue weighted by atomic mass is 9.97. The summed E-state index contributed by atoms with van der Waals surface area (Å²) in [4.78, 5) is 36.5. The molecule has 3 amide bonds. The number of amides is 3. The van der Waals surface area contributed by atoms with Crippen molar-refractivity contribution >= 4 is 17.9 Å². The largest absolute Gasteiger partial charge is 0.481 e. The Morgan fingerprint density at radius 1 is 1.42 bits per heavy atom. The van der Waals surface area contributed by atoms with Crippen LogP contribution in [0.3, 0.4) is 0 Å². The molecule has 2 rings (SSSR count). The minimum atomic E-state index is -0.949. The first-order chi connectivity index (χ1) is 9.00. The van der Waals surface area contributed by atoms with E-state index >= 15 is 0 Å². The molecule has 0 unspecified atom stereocenters. The topological polar surface area (TPSA) is 86.7 Å². The fourth-order valence-corrected chi connectivity index (χ4v) is 3.02. The molecule has 2 aliphatic rings. The predicted molar refractivity (Wildman–Crippen MR) is 67.5 cm³/mol. The summed E-state index contributed by atoms with van der Waals surface area (Å²) in [7, 11) is 0. The lowest BCUT2D eigenvalue weighted by molar-refractivity contribution is -0.143. The quantitative estimate of drug-likeness (QED) is 0.737. The van der Waals surface area contributed by atoms with E-state index in [9.17, 15) is 14.4 Å². The smallest absolute Gasteiger partial charge is 0.325 e. The highest BCUT2D eigenvalue weighted by Gasteiger charge is 2.52. The van der Waals surface area contributed by atoms with Gasteiger partial charge in [-0.15, -0.1) is 0 Å². The molecule has 6 heteroatoms. The second kappa shape index (κ2) is 5.19. The second-order valence-corrected chi connectivity index (χ2v) is 5.46. The zero-order valence-corrected chi connectivity index (χ0v) is 11.1. The van der Waals surface area contributed by atoms with Gasteiger partial charge in [-0.2, -0.15) is 0 Å². The van der Waals surface area contributed by atoms with Gasteiger partial charge in [0.15, 0.2) is 0 Å². The Bertz CT molecular complexity index is 401. The Balaban J connectivity index is 2.10. The number of nitrogens with zero attached hydrogens (tertiary/aromatic N) is 1. The van der Waals surface area contributed by atoms with Crippen LogP contribution in [-0.2, 0) is 9.59 Å². The van der Waals surface area contributed by atoms with Crippen molar-refractivity contribution in [1.29, 1.82) is 0 Å². The van der Waals surface area contributed by atoms with Gasteiger partial charge in [0.25, 0.3) is 5.91 Å². The maximum Gasteiger partial charge on any atom is 0.325 e. The van der Waals surface area contributed by atoms with Crippen LogP contribution in [0.25, 0.3) is 0 Å². The average molecular weight is 268 g/mol. The first-order valence-electron chi connectivity index (χ1n) is 6.87. The molecule has 2 fully saturated rings. The molecule has 1 saturated carbocycles. The van der Waals surface area contributed by atoms with Gasteiger partial charge >= 0.3 is 12.0 Å². The number of carboxylic acid groups (broad SMARTS) is 1. The van der Waals surface area contributed by atoms with Gasteiger partial charge in [0.05, 0.1) is 5.92 Å². The number of carbonyl (C=O) groups is 3. The molecule has 1 aliphatic heterocycles. The van der Waals surface area contributed by atoms with Gasteiger partial charge in [-0.25, -0.2) is 4.79 Å². The molecular formula is C13H20N2O4. The summed E-state index contributed by atoms with van der Waals surface area (Å²) in [5.41, 5.74) is -0.744. The number of hydrogen-bond donors (Lipinski definition) is 2. The molecule has 0 aromatic rings. The van der Waals surface area contributed by atoms with Crippen molar-refractivity contribution in [2.45, 2.75) is 51.0 Å². The number of carboxylic acids is 1. The maximum absolute atomic E-state index is 12.4. The molecule has 0 bridgehead atoms. The molecule has 0 aromatic carbocycles. The molecule has 2 N–H and O–H groups in total. The number of hydrogen-bond acceptors (Lipinski definition) is 3. The van der Waals surface area contributed by atoms with E-state index in [0.717, 1.165) is 17.7 Å². The van der Waals surface area contributed by atoms with Gasteiger partial charge in [0.1, 0.15) is 5.54 Å². The van der Waals surface area contributed by atoms with E-state index in [1.807, 2.05) is 6.92 Å². The first-order valence-corrected chi connectivity index (χ1v) is 6.87. The summed E-state index contributed by atoms with van der Waals surface area (Å²) in [6, 6.07) is -0.436. The van der Waals surface area contributed by atoms with Crippen LogP contribution in [0.4, 0.5) is 4.79 Å². The van der Waals surface area contributed by atoms with E-state index in [4.69, 9.17) is 5.11 Å². The third kappa shape index (κ3) is 2.43. The van der Waals surface area contributed by atoms with Crippen molar-refractivity contribution in [3.8, 4) is 0 Å². The van der Waals surface area contributed by atoms with Gasteiger partial charge in [-0.3, -0.25) is 14.5 Å². The van der Waals surface area contributed by atoms with E-state index in [1.54, 1.807) is 0 Å². The van der Waals surface area contributed by atoms with E-state index < -0.39 is 23.5 Å². The molecule has 1 saturated heterocycles. The molecule has 1 atom stereocenters. The molecule has 0 aromatic heterocycles. The van der Waals surface area contributed by atoms with Crippen molar-refractivity contribution in [1.82, 2.24) is 10.2 Å². The molecule has 19 heavy (non-hydrogen) atoms. The predicted octanol–water partition coefficient (Wildman–Crippen LogP) is 1.35. The number of aliphatic carboxylic acids is 1. The summed E-state index contributed by atoms with van der Waals surface area (Å²) in [5, 5.41) is 11.9. The summed E-state index contributed by atoms with van der Waals surface area (Å²) in [6.07, 6.45) is 4.37. The maximum atomic E-state index is 12.4. The molecular weight excluding hydrogens is 248 g/mol. The van der Waals surface area contributed by atoms with E-state index in [0.29, 0.717) is 25.7 Å². The highest BCUT2D eigenvalue weighted by molar-refractivity contribution is 6.07. The number of nitrogens with one attached hydrogen (secondary N) is 1. The average Bonchev–Trinajstić information content (AvgIpc) is 2.90. The zero-order valence-electron chi connectivity index (χ0n) is 11.1. The second-order valence-electron chi connectivity index (χ2n) is 5.46. The van der Waals surface area contributed by atoms with Crippen molar-refractivity contribution in [2.24, 2.45) is 5.92 Å². The van der Waals surface area contributed by atoms with Gasteiger partial charge in [0.2, 0.25) is 0 Å². The summed E-state index contributed by atoms with van der Waals surface area (Å²) in [5.74, 6) is -1.86. The van der Waals surface area contributed by atoms with Crippen LogP contribution in [0.2, 0.25) is 0 Å². The van der Waals surface area contributed by atoms with Crippen LogP contribution in [0.5, 0.6) is 0 Å². The molecule has 0 radical (unpaired) electrons. The fraction of sp³-hybridized carbons (Fsp3) is 0.769. The van der Waals surface area contributed by atoms with Crippen LogP contribution in [-0.4, -0.2) is 40.0 Å². The van der Waals surface area contributed by atoms with Crippen molar-refractivity contribution in [3.05, 3.63) is 0 Å². The SMILES string of the molecule is CCC[C@@H](CN1C(=O)NC2(CCCC2)C1=O)C(=O)O. The molecule has 106 valence electrons. The highest BCUT2D eigenvalue weighted by atomic mass is 16.4. The third-order valence-electron chi connectivity index (χ3n) is 4.09. The minimum absolute atomic E-state index is 0.0183. The van der Waals surface area contributed by atoms with E-state index in [2.05, 4.69) is 5.32 Å². The third-order valence-corrected chi connectivity index (χ3v) is 4.09. The summed E-state index contributed by atoms with van der Waals surface area (Å²) < 4.78 is 0. The van der Waals surface area contributed by atoms with Gasteiger partial charge in [0, 0.05) is 6.54 Å². The van der Waals surface area contributed by atoms with Crippen molar-refractivity contribution < 1.29 is 19.5 Å². The Morgan fingerprint density at radius 3 is 2.58 bits per heavy atom. The molecule has 1 spiro atoms. The van der Waals surface area contributed by atoms with E-state index in [1.165, 1.54) is 0 Å². The van der Waals surface area contributed by atoms with Crippen LogP contribution < -0.4 is 5.32 Å². The summed E-state index contributed by atoms with van der Waals surface area (Å²) in [6.45, 7) is 1.87. The molecule has 1 heterocycles. The van der Waals surface area contributed by atoms with Crippen molar-refractivity contribution in [2.75, 3.05) is 6.54 Å². The van der Waals surface area contributed by atoms with Crippen LogP contribution in [0, 0.1) is 5.92 Å². The summed E-state index contributed by atoms with van der Waals surface area (Å²) >= 11 is 0. The van der Waals surface area contributed by atoms with Crippen LogP contribution in [0.1, 0.15) is 45.4 Å². The monoisotopic (exact) mass is 268 g/mol. The van der Waals surface area contributed by atoms with Crippen LogP contribution >= 0.6 is 0 Å². The Hall–Kier alpha value is -1.59. The standard InChI is InChI=1S/C13H20N2O4/c1-2-5-9(10(16)17)8-15-11(18)13(14-12(15)19)6-3-4-7-13/h9H,2-8H2,1H3,(H,14,19)(H,16,17)/t9-/m0/s1. The lowest BCUT2D eigenvalue weighted by Gasteiger charge is -2.21. The van der Waals surface area contributed by atoms with Gasteiger partial charge < -0.3 is 10.4 Å². The normalized spacial score (nSPS) is 22.9. The number of imide groups is 1.